The van der Waals surface area contributed by atoms with Crippen molar-refractivity contribution in [2.75, 3.05) is 39.3 Å². The second kappa shape index (κ2) is 7.24. The maximum atomic E-state index is 5.08. The highest BCUT2D eigenvalue weighted by atomic mass is 16.5. The summed E-state index contributed by atoms with van der Waals surface area (Å²) in [5, 5.41) is 3.30. The molecule has 1 N–H and O–H groups in total. The number of anilines is 1. The van der Waals surface area contributed by atoms with Gasteiger partial charge in [0.05, 0.1) is 13.2 Å². The van der Waals surface area contributed by atoms with Crippen molar-refractivity contribution < 1.29 is 9.47 Å². The normalized spacial score (nSPS) is 12.7. The van der Waals surface area contributed by atoms with Crippen LogP contribution in [0.5, 0.6) is 0 Å². The Hall–Kier alpha value is -1.07. The lowest BCUT2D eigenvalue weighted by atomic mass is 10.2. The molecular formula is C11H21N3O2. The molecule has 1 rings (SSSR count). The van der Waals surface area contributed by atoms with Crippen molar-refractivity contribution in [3.8, 4) is 0 Å². The van der Waals surface area contributed by atoms with Crippen LogP contribution in [-0.4, -0.2) is 43.5 Å². The molecule has 1 aromatic heterocycles. The highest BCUT2D eigenvalue weighted by Crippen LogP contribution is 2.05. The molecule has 0 aliphatic heterocycles. The third kappa shape index (κ3) is 4.20. The molecule has 92 valence electrons. The third-order valence-corrected chi connectivity index (χ3v) is 2.31. The minimum absolute atomic E-state index is 0.470. The summed E-state index contributed by atoms with van der Waals surface area (Å²) in [4.78, 5) is 4.26. The van der Waals surface area contributed by atoms with Crippen molar-refractivity contribution in [2.24, 2.45) is 5.92 Å². The average Bonchev–Trinajstić information content (AvgIpc) is 2.71. The first-order valence-corrected chi connectivity index (χ1v) is 5.50. The first-order valence-electron chi connectivity index (χ1n) is 5.50. The summed E-state index contributed by atoms with van der Waals surface area (Å²) >= 11 is 0. The van der Waals surface area contributed by atoms with Crippen LogP contribution in [0.25, 0.3) is 0 Å². The Morgan fingerprint density at radius 1 is 1.44 bits per heavy atom. The molecule has 5 heteroatoms. The number of ether oxygens (including phenoxy) is 2. The molecule has 1 atom stereocenters. The molecular weight excluding hydrogens is 206 g/mol. The predicted molar refractivity (Wildman–Crippen MR) is 63.6 cm³/mol. The van der Waals surface area contributed by atoms with Crippen molar-refractivity contribution in [1.82, 2.24) is 9.55 Å². The number of imidazole rings is 1. The molecule has 5 nitrogen and oxygen atoms in total. The molecule has 0 saturated carbocycles. The van der Waals surface area contributed by atoms with Gasteiger partial charge in [0.15, 0.2) is 0 Å². The Morgan fingerprint density at radius 3 is 2.94 bits per heavy atom. The lowest BCUT2D eigenvalue weighted by Crippen LogP contribution is -2.18. The van der Waals surface area contributed by atoms with Crippen LogP contribution >= 0.6 is 0 Å². The predicted octanol–water partition coefficient (Wildman–Crippen LogP) is 1.22. The molecule has 1 heterocycles. The molecule has 0 aliphatic carbocycles. The van der Waals surface area contributed by atoms with Crippen molar-refractivity contribution in [3.63, 3.8) is 0 Å². The van der Waals surface area contributed by atoms with Gasteiger partial charge < -0.3 is 19.4 Å². The second-order valence-corrected chi connectivity index (χ2v) is 3.88. The van der Waals surface area contributed by atoms with Crippen LogP contribution in [0.3, 0.4) is 0 Å². The van der Waals surface area contributed by atoms with E-state index in [-0.39, 0.29) is 0 Å². The van der Waals surface area contributed by atoms with E-state index >= 15 is 0 Å². The van der Waals surface area contributed by atoms with E-state index in [0.717, 1.165) is 25.6 Å². The van der Waals surface area contributed by atoms with Crippen LogP contribution in [0.4, 0.5) is 5.95 Å². The van der Waals surface area contributed by atoms with Gasteiger partial charge in [0.25, 0.3) is 0 Å². The lowest BCUT2D eigenvalue weighted by Gasteiger charge is -2.13. The van der Waals surface area contributed by atoms with E-state index in [0.29, 0.717) is 12.5 Å². The van der Waals surface area contributed by atoms with Crippen LogP contribution in [0, 0.1) is 5.92 Å². The van der Waals surface area contributed by atoms with Crippen LogP contribution in [-0.2, 0) is 16.0 Å². The molecule has 16 heavy (non-hydrogen) atoms. The minimum Gasteiger partial charge on any atom is -0.384 e. The Balaban J connectivity index is 2.37. The Kier molecular flexibility index (Phi) is 5.88. The summed E-state index contributed by atoms with van der Waals surface area (Å²) in [6, 6.07) is 0. The van der Waals surface area contributed by atoms with Gasteiger partial charge in [0.1, 0.15) is 0 Å². The Morgan fingerprint density at radius 2 is 2.25 bits per heavy atom. The Labute approximate surface area is 96.8 Å². The van der Waals surface area contributed by atoms with E-state index in [2.05, 4.69) is 17.2 Å². The van der Waals surface area contributed by atoms with Gasteiger partial charge in [-0.1, -0.05) is 6.92 Å². The molecule has 1 unspecified atom stereocenters. The second-order valence-electron chi connectivity index (χ2n) is 3.88. The average molecular weight is 227 g/mol. The molecule has 0 fully saturated rings. The molecule has 1 aromatic rings. The zero-order valence-corrected chi connectivity index (χ0v) is 10.3. The fraction of sp³-hybridized carbons (Fsp3) is 0.727. The summed E-state index contributed by atoms with van der Waals surface area (Å²) in [7, 11) is 3.42. The zero-order valence-electron chi connectivity index (χ0n) is 10.3. The number of nitrogens with one attached hydrogen (secondary N) is 1. The smallest absolute Gasteiger partial charge is 0.202 e. The van der Waals surface area contributed by atoms with Gasteiger partial charge >= 0.3 is 0 Å². The first-order chi connectivity index (χ1) is 7.77. The number of methoxy groups -OCH3 is 2. The van der Waals surface area contributed by atoms with Gasteiger partial charge in [0.2, 0.25) is 5.95 Å². The Bertz CT molecular complexity index is 289. The van der Waals surface area contributed by atoms with E-state index in [4.69, 9.17) is 9.47 Å². The van der Waals surface area contributed by atoms with Crippen LogP contribution in [0.15, 0.2) is 12.4 Å². The number of hydrogen-bond acceptors (Lipinski definition) is 4. The van der Waals surface area contributed by atoms with E-state index in [9.17, 15) is 0 Å². The maximum absolute atomic E-state index is 5.08. The summed E-state index contributed by atoms with van der Waals surface area (Å²) in [6.07, 6.45) is 3.74. The van der Waals surface area contributed by atoms with Gasteiger partial charge in [-0.05, 0) is 5.92 Å². The van der Waals surface area contributed by atoms with Crippen molar-refractivity contribution >= 4 is 5.95 Å². The summed E-state index contributed by atoms with van der Waals surface area (Å²) in [5.74, 6) is 1.36. The number of aromatic nitrogens is 2. The first kappa shape index (κ1) is 13.0. The number of rotatable bonds is 8. The van der Waals surface area contributed by atoms with Gasteiger partial charge in [-0.25, -0.2) is 4.98 Å². The van der Waals surface area contributed by atoms with Crippen molar-refractivity contribution in [3.05, 3.63) is 12.4 Å². The molecule has 0 aromatic carbocycles. The monoisotopic (exact) mass is 227 g/mol. The van der Waals surface area contributed by atoms with Crippen LogP contribution in [0.1, 0.15) is 6.92 Å². The maximum Gasteiger partial charge on any atom is 0.202 e. The topological polar surface area (TPSA) is 48.3 Å². The highest BCUT2D eigenvalue weighted by molar-refractivity contribution is 5.25. The number of nitrogens with zero attached hydrogens (tertiary/aromatic N) is 2. The summed E-state index contributed by atoms with van der Waals surface area (Å²) < 4.78 is 12.2. The van der Waals surface area contributed by atoms with Crippen molar-refractivity contribution in [2.45, 2.75) is 13.5 Å². The van der Waals surface area contributed by atoms with Gasteiger partial charge in [-0.15, -0.1) is 0 Å². The van der Waals surface area contributed by atoms with Gasteiger partial charge in [0, 0.05) is 39.7 Å². The van der Waals surface area contributed by atoms with Crippen molar-refractivity contribution in [1.29, 1.82) is 0 Å². The van der Waals surface area contributed by atoms with E-state index in [1.165, 1.54) is 0 Å². The molecule has 0 bridgehead atoms. The SMILES string of the molecule is COCCn1ccnc1NCC(C)COC. The van der Waals surface area contributed by atoms with E-state index < -0.39 is 0 Å². The highest BCUT2D eigenvalue weighted by Gasteiger charge is 2.05. The van der Waals surface area contributed by atoms with E-state index in [1.807, 2.05) is 10.8 Å². The fourth-order valence-electron chi connectivity index (χ4n) is 1.46. The fourth-order valence-corrected chi connectivity index (χ4v) is 1.46. The van der Waals surface area contributed by atoms with E-state index in [1.54, 1.807) is 20.4 Å². The van der Waals surface area contributed by atoms with Gasteiger partial charge in [-0.3, -0.25) is 0 Å². The molecule has 0 radical (unpaired) electrons. The lowest BCUT2D eigenvalue weighted by molar-refractivity contribution is 0.164. The molecule has 0 amide bonds. The standard InChI is InChI=1S/C11H21N3O2/c1-10(9-16-3)8-13-11-12-4-5-14(11)6-7-15-2/h4-5,10H,6-9H2,1-3H3,(H,12,13). The summed E-state index contributed by atoms with van der Waals surface area (Å²) in [5.41, 5.74) is 0. The molecule has 0 saturated heterocycles. The molecule has 0 spiro atoms. The molecule has 0 aliphatic rings. The zero-order chi connectivity index (χ0) is 11.8. The summed E-state index contributed by atoms with van der Waals surface area (Å²) in [6.45, 7) is 5.26. The quantitative estimate of drug-likeness (QED) is 0.725. The van der Waals surface area contributed by atoms with Crippen LogP contribution < -0.4 is 5.32 Å². The van der Waals surface area contributed by atoms with Crippen LogP contribution in [0.2, 0.25) is 0 Å². The number of hydrogen-bond donors (Lipinski definition) is 1. The third-order valence-electron chi connectivity index (χ3n) is 2.31. The minimum atomic E-state index is 0.470. The largest absolute Gasteiger partial charge is 0.384 e. The van der Waals surface area contributed by atoms with Gasteiger partial charge in [-0.2, -0.15) is 0 Å².